The molecule has 5 aliphatic heterocycles. The van der Waals surface area contributed by atoms with Crippen molar-refractivity contribution in [2.24, 2.45) is 5.92 Å². The van der Waals surface area contributed by atoms with E-state index in [0.29, 0.717) is 55.1 Å². The van der Waals surface area contributed by atoms with Gasteiger partial charge in [-0.3, -0.25) is 48.5 Å². The van der Waals surface area contributed by atoms with Crippen LogP contribution in [-0.4, -0.2) is 153 Å². The summed E-state index contributed by atoms with van der Waals surface area (Å²) in [7, 11) is 0. The van der Waals surface area contributed by atoms with Gasteiger partial charge in [0.05, 0.1) is 23.9 Å². The highest BCUT2D eigenvalue weighted by Gasteiger charge is 2.40. The van der Waals surface area contributed by atoms with Gasteiger partial charge in [-0.05, 0) is 100 Å². The Morgan fingerprint density at radius 1 is 0.761 bits per heavy atom. The van der Waals surface area contributed by atoms with Crippen molar-refractivity contribution in [2.45, 2.75) is 90.3 Å². The van der Waals surface area contributed by atoms with E-state index in [9.17, 15) is 28.8 Å². The molecule has 8 heterocycles. The van der Waals surface area contributed by atoms with Crippen LogP contribution in [-0.2, 0) is 27.3 Å². The zero-order valence-electron chi connectivity index (χ0n) is 38.8. The maximum Gasteiger partial charge on any atom is 0.263 e. The second-order valence-corrected chi connectivity index (χ2v) is 19.4. The molecule has 4 saturated heterocycles. The lowest BCUT2D eigenvalue weighted by atomic mass is 9.95. The third-order valence-corrected chi connectivity index (χ3v) is 15.3. The van der Waals surface area contributed by atoms with Crippen LogP contribution in [0.5, 0.6) is 0 Å². The number of aryl methyl sites for hydroxylation is 1. The number of hydrogen-bond donors (Lipinski definition) is 1. The average Bonchev–Trinajstić information content (AvgIpc) is 3.99. The Kier molecular flexibility index (Phi) is 12.6. The first-order chi connectivity index (χ1) is 32.5. The molecule has 10 rings (SSSR count). The van der Waals surface area contributed by atoms with Crippen LogP contribution in [0, 0.1) is 12.8 Å². The number of pyridine rings is 2. The average molecular weight is 912 g/mol. The van der Waals surface area contributed by atoms with E-state index in [4.69, 9.17) is 9.97 Å². The summed E-state index contributed by atoms with van der Waals surface area (Å²) in [6.07, 6.45) is 10.4. The van der Waals surface area contributed by atoms with E-state index >= 15 is 0 Å². The molecule has 0 unspecified atom stereocenters. The van der Waals surface area contributed by atoms with Crippen molar-refractivity contribution in [1.82, 2.24) is 44.4 Å². The van der Waals surface area contributed by atoms with E-state index in [0.717, 1.165) is 132 Å². The number of Topliss-reactive ketones (excluding diaryl/α,β-unsaturated/α-hetero) is 1. The first-order valence-corrected chi connectivity index (χ1v) is 24.4. The number of piperidine rings is 2. The molecule has 5 fully saturated rings. The third-order valence-electron chi connectivity index (χ3n) is 15.3. The van der Waals surface area contributed by atoms with Crippen LogP contribution in [0.2, 0.25) is 0 Å². The maximum atomic E-state index is 13.7. The third kappa shape index (κ3) is 9.07. The highest BCUT2D eigenvalue weighted by atomic mass is 16.2. The van der Waals surface area contributed by atoms with E-state index in [2.05, 4.69) is 36.0 Å². The number of aromatic nitrogens is 4. The summed E-state index contributed by atoms with van der Waals surface area (Å²) in [6, 6.07) is 9.43. The molecule has 0 spiro atoms. The quantitative estimate of drug-likeness (QED) is 0.172. The molecule has 67 heavy (non-hydrogen) atoms. The van der Waals surface area contributed by atoms with E-state index in [1.807, 2.05) is 42.3 Å². The number of carbonyl (C=O) groups excluding carboxylic acids is 5. The zero-order valence-corrected chi connectivity index (χ0v) is 38.8. The van der Waals surface area contributed by atoms with E-state index < -0.39 is 11.9 Å². The summed E-state index contributed by atoms with van der Waals surface area (Å²) in [5.41, 5.74) is 5.73. The van der Waals surface area contributed by atoms with E-state index in [1.165, 1.54) is 6.92 Å². The second kappa shape index (κ2) is 18.9. The Hall–Kier alpha value is -6.07. The largest absolute Gasteiger partial charge is 0.368 e. The molecule has 1 aliphatic carbocycles. The number of imide groups is 1. The molecule has 1 N–H and O–H groups in total. The number of ketones is 1. The molecule has 0 bridgehead atoms. The summed E-state index contributed by atoms with van der Waals surface area (Å²) >= 11 is 0. The lowest BCUT2D eigenvalue weighted by molar-refractivity contribution is -0.138. The fraction of sp³-hybridized carbons (Fsp3) is 0.540. The molecule has 17 nitrogen and oxygen atoms in total. The number of piperazine rings is 2. The molecule has 1 aromatic carbocycles. The van der Waals surface area contributed by atoms with Gasteiger partial charge in [0.1, 0.15) is 17.5 Å². The minimum Gasteiger partial charge on any atom is -0.368 e. The fourth-order valence-electron chi connectivity index (χ4n) is 11.4. The molecule has 4 amide bonds. The smallest absolute Gasteiger partial charge is 0.263 e. The summed E-state index contributed by atoms with van der Waals surface area (Å²) in [5, 5.41) is 3.12. The van der Waals surface area contributed by atoms with Crippen molar-refractivity contribution in [3.8, 4) is 0 Å². The van der Waals surface area contributed by atoms with Gasteiger partial charge in [0.2, 0.25) is 17.7 Å². The number of anilines is 2. The van der Waals surface area contributed by atoms with Gasteiger partial charge in [0, 0.05) is 119 Å². The molecular weight excluding hydrogens is 851 g/mol. The van der Waals surface area contributed by atoms with Gasteiger partial charge in [-0.15, -0.1) is 0 Å². The Morgan fingerprint density at radius 2 is 1.45 bits per heavy atom. The first kappa shape index (κ1) is 44.7. The number of hydrogen-bond acceptors (Lipinski definition) is 13. The SMILES string of the molecule is CC(=O)c1c(C)c2cnc(Cc3ccc(N4CCN(CCN5CCC(C(=O)N6CCN(c7ccc8c(c7)CN([C@H]7CCC(=O)NC7=O)C8=O)CC6)CC5)CC4)cn3)nc2n(C2CCCC2)c1=O. The van der Waals surface area contributed by atoms with Gasteiger partial charge in [-0.25, -0.2) is 9.97 Å². The topological polar surface area (TPSA) is 177 Å². The van der Waals surface area contributed by atoms with Gasteiger partial charge in [0.15, 0.2) is 5.78 Å². The van der Waals surface area contributed by atoms with Gasteiger partial charge < -0.3 is 24.5 Å². The number of likely N-dealkylation sites (tertiary alicyclic amines) is 1. The Bertz CT molecular complexity index is 2640. The zero-order chi connectivity index (χ0) is 46.3. The number of rotatable bonds is 11. The van der Waals surface area contributed by atoms with Crippen LogP contribution in [0.1, 0.15) is 108 Å². The van der Waals surface area contributed by atoms with Gasteiger partial charge >= 0.3 is 0 Å². The fourth-order valence-corrected chi connectivity index (χ4v) is 11.4. The van der Waals surface area contributed by atoms with Crippen molar-refractivity contribution >= 4 is 51.8 Å². The number of benzene rings is 1. The summed E-state index contributed by atoms with van der Waals surface area (Å²) in [5.74, 6) is -0.162. The molecule has 4 aromatic rings. The maximum absolute atomic E-state index is 13.7. The van der Waals surface area contributed by atoms with Crippen LogP contribution in [0.4, 0.5) is 11.4 Å². The summed E-state index contributed by atoms with van der Waals surface area (Å²) in [6.45, 7) is 14.1. The van der Waals surface area contributed by atoms with Crippen molar-refractivity contribution in [2.75, 3.05) is 88.3 Å². The summed E-state index contributed by atoms with van der Waals surface area (Å²) in [4.78, 5) is 105. The lowest BCUT2D eigenvalue weighted by Crippen LogP contribution is -2.52. The van der Waals surface area contributed by atoms with Crippen LogP contribution >= 0.6 is 0 Å². The summed E-state index contributed by atoms with van der Waals surface area (Å²) < 4.78 is 1.76. The molecular formula is C50H61N11O6. The Morgan fingerprint density at radius 3 is 2.13 bits per heavy atom. The predicted molar refractivity (Wildman–Crippen MR) is 252 cm³/mol. The molecule has 0 radical (unpaired) electrons. The molecule has 352 valence electrons. The van der Waals surface area contributed by atoms with E-state index in [1.54, 1.807) is 15.7 Å². The van der Waals surface area contributed by atoms with Crippen LogP contribution in [0.25, 0.3) is 11.0 Å². The van der Waals surface area contributed by atoms with Gasteiger partial charge in [0.25, 0.3) is 11.5 Å². The Balaban J connectivity index is 0.651. The standard InChI is InChI=1S/C50H61N11O6/c1-32-41-30-52-43(53-46(41)61(37-5-3-4-6-37)50(67)45(32)33(2)62)28-36-7-8-39(29-51-36)58-21-19-56(20-22-58)18-17-55-15-13-34(14-16-55)48(65)59-25-23-57(24-26-59)38-9-10-40-35(27-38)31-60(49(40)66)42-11-12-44(63)54-47(42)64/h7-10,27,29-30,34,37,42H,3-6,11-26,28,31H2,1-2H3,(H,54,63,64)/t42-/m0/s1. The number of nitrogens with zero attached hydrogens (tertiary/aromatic N) is 10. The second-order valence-electron chi connectivity index (χ2n) is 19.4. The van der Waals surface area contributed by atoms with Crippen LogP contribution in [0.15, 0.2) is 47.5 Å². The van der Waals surface area contributed by atoms with Crippen LogP contribution in [0.3, 0.4) is 0 Å². The normalized spacial score (nSPS) is 21.4. The number of nitrogens with one attached hydrogen (secondary N) is 1. The van der Waals surface area contributed by atoms with Gasteiger partial charge in [-0.1, -0.05) is 12.8 Å². The molecule has 17 heteroatoms. The molecule has 3 aromatic heterocycles. The minimum atomic E-state index is -0.630. The predicted octanol–water partition coefficient (Wildman–Crippen LogP) is 3.35. The van der Waals surface area contributed by atoms with Gasteiger partial charge in [-0.2, -0.15) is 0 Å². The van der Waals surface area contributed by atoms with Crippen molar-refractivity contribution < 1.29 is 24.0 Å². The molecule has 1 atom stereocenters. The number of amides is 4. The first-order valence-electron chi connectivity index (χ1n) is 24.4. The highest BCUT2D eigenvalue weighted by Crippen LogP contribution is 2.33. The highest BCUT2D eigenvalue weighted by molar-refractivity contribution is 6.05. The monoisotopic (exact) mass is 911 g/mol. The van der Waals surface area contributed by atoms with Crippen molar-refractivity contribution in [3.05, 3.63) is 86.9 Å². The minimum absolute atomic E-state index is 0.0391. The van der Waals surface area contributed by atoms with Crippen LogP contribution < -0.4 is 20.7 Å². The van der Waals surface area contributed by atoms with Crippen molar-refractivity contribution in [3.63, 3.8) is 0 Å². The molecule has 6 aliphatic rings. The number of fused-ring (bicyclic) bond motifs is 2. The number of carbonyl (C=O) groups is 5. The molecule has 1 saturated carbocycles. The van der Waals surface area contributed by atoms with Crippen molar-refractivity contribution in [1.29, 1.82) is 0 Å². The van der Waals surface area contributed by atoms with E-state index in [-0.39, 0.29) is 53.0 Å². The lowest BCUT2D eigenvalue weighted by Gasteiger charge is -2.40. The Labute approximate surface area is 390 Å².